The van der Waals surface area contributed by atoms with E-state index in [0.29, 0.717) is 31.3 Å². The predicted octanol–water partition coefficient (Wildman–Crippen LogP) is 3.75. The molecule has 3 heterocycles. The van der Waals surface area contributed by atoms with Crippen molar-refractivity contribution >= 4 is 17.5 Å². The molecule has 1 aliphatic heterocycles. The van der Waals surface area contributed by atoms with E-state index in [1.54, 1.807) is 13.1 Å². The van der Waals surface area contributed by atoms with Crippen LogP contribution in [-0.2, 0) is 6.42 Å². The Balaban J connectivity index is 1.44. The SMILES string of the molecule is CCc1ccc(NC(=O)N2CCCN(c3ncccc3-c3nc(C)no3)CC2)cc1. The van der Waals surface area contributed by atoms with E-state index < -0.39 is 0 Å². The lowest BCUT2D eigenvalue weighted by Gasteiger charge is -2.24. The summed E-state index contributed by atoms with van der Waals surface area (Å²) in [6.45, 7) is 6.69. The molecule has 2 amide bonds. The lowest BCUT2D eigenvalue weighted by Crippen LogP contribution is -2.38. The lowest BCUT2D eigenvalue weighted by atomic mass is 10.1. The zero-order valence-electron chi connectivity index (χ0n) is 17.3. The summed E-state index contributed by atoms with van der Waals surface area (Å²) >= 11 is 0. The van der Waals surface area contributed by atoms with E-state index >= 15 is 0 Å². The first-order chi connectivity index (χ1) is 14.6. The number of rotatable bonds is 4. The largest absolute Gasteiger partial charge is 0.354 e. The van der Waals surface area contributed by atoms with Crippen LogP contribution in [0.4, 0.5) is 16.3 Å². The summed E-state index contributed by atoms with van der Waals surface area (Å²) in [5.74, 6) is 1.86. The van der Waals surface area contributed by atoms with Gasteiger partial charge in [0.05, 0.1) is 5.56 Å². The Morgan fingerprint density at radius 1 is 1.13 bits per heavy atom. The van der Waals surface area contributed by atoms with Gasteiger partial charge in [0.1, 0.15) is 5.82 Å². The highest BCUT2D eigenvalue weighted by Crippen LogP contribution is 2.28. The van der Waals surface area contributed by atoms with Crippen LogP contribution in [0.1, 0.15) is 24.7 Å². The fourth-order valence-corrected chi connectivity index (χ4v) is 3.58. The second kappa shape index (κ2) is 8.94. The third-order valence-electron chi connectivity index (χ3n) is 5.24. The van der Waals surface area contributed by atoms with E-state index in [0.717, 1.165) is 36.5 Å². The topological polar surface area (TPSA) is 87.4 Å². The molecule has 0 atom stereocenters. The van der Waals surface area contributed by atoms with E-state index in [2.05, 4.69) is 32.3 Å². The lowest BCUT2D eigenvalue weighted by molar-refractivity contribution is 0.215. The number of amides is 2. The maximum atomic E-state index is 12.8. The molecule has 156 valence electrons. The van der Waals surface area contributed by atoms with Crippen LogP contribution >= 0.6 is 0 Å². The molecule has 0 unspecified atom stereocenters. The first-order valence-corrected chi connectivity index (χ1v) is 10.3. The van der Waals surface area contributed by atoms with E-state index in [9.17, 15) is 4.79 Å². The van der Waals surface area contributed by atoms with Gasteiger partial charge in [0.25, 0.3) is 5.89 Å². The number of hydrogen-bond donors (Lipinski definition) is 1. The number of carbonyl (C=O) groups excluding carboxylic acids is 1. The van der Waals surface area contributed by atoms with Crippen molar-refractivity contribution in [1.29, 1.82) is 0 Å². The molecule has 1 saturated heterocycles. The first-order valence-electron chi connectivity index (χ1n) is 10.3. The number of hydrogen-bond acceptors (Lipinski definition) is 6. The quantitative estimate of drug-likeness (QED) is 0.710. The zero-order chi connectivity index (χ0) is 20.9. The van der Waals surface area contributed by atoms with Gasteiger partial charge in [0.15, 0.2) is 5.82 Å². The number of carbonyl (C=O) groups is 1. The number of aryl methyl sites for hydroxylation is 2. The van der Waals surface area contributed by atoms with E-state index in [1.807, 2.05) is 41.3 Å². The number of anilines is 2. The number of aromatic nitrogens is 3. The zero-order valence-corrected chi connectivity index (χ0v) is 17.3. The number of nitrogens with one attached hydrogen (secondary N) is 1. The highest BCUT2D eigenvalue weighted by molar-refractivity contribution is 5.89. The maximum Gasteiger partial charge on any atom is 0.321 e. The van der Waals surface area contributed by atoms with Crippen LogP contribution in [0.2, 0.25) is 0 Å². The van der Waals surface area contributed by atoms with Crippen molar-refractivity contribution in [3.63, 3.8) is 0 Å². The smallest absolute Gasteiger partial charge is 0.321 e. The maximum absolute atomic E-state index is 12.8. The Labute approximate surface area is 175 Å². The van der Waals surface area contributed by atoms with Gasteiger partial charge in [-0.05, 0) is 49.6 Å². The molecule has 30 heavy (non-hydrogen) atoms. The van der Waals surface area contributed by atoms with Crippen LogP contribution in [0.5, 0.6) is 0 Å². The highest BCUT2D eigenvalue weighted by atomic mass is 16.5. The molecule has 0 aliphatic carbocycles. The third kappa shape index (κ3) is 4.42. The highest BCUT2D eigenvalue weighted by Gasteiger charge is 2.23. The molecule has 1 aliphatic rings. The van der Waals surface area contributed by atoms with Crippen LogP contribution in [0.25, 0.3) is 11.5 Å². The van der Waals surface area contributed by atoms with Gasteiger partial charge in [-0.3, -0.25) is 0 Å². The minimum Gasteiger partial charge on any atom is -0.354 e. The molecule has 8 nitrogen and oxygen atoms in total. The Morgan fingerprint density at radius 3 is 2.70 bits per heavy atom. The molecule has 0 bridgehead atoms. The van der Waals surface area contributed by atoms with Crippen molar-refractivity contribution in [2.45, 2.75) is 26.7 Å². The Morgan fingerprint density at radius 2 is 1.97 bits per heavy atom. The van der Waals surface area contributed by atoms with Gasteiger partial charge < -0.3 is 19.6 Å². The normalized spacial score (nSPS) is 14.5. The van der Waals surface area contributed by atoms with Crippen molar-refractivity contribution in [1.82, 2.24) is 20.0 Å². The third-order valence-corrected chi connectivity index (χ3v) is 5.24. The molecule has 1 N–H and O–H groups in total. The van der Waals surface area contributed by atoms with Crippen molar-refractivity contribution in [3.05, 3.63) is 54.0 Å². The van der Waals surface area contributed by atoms with E-state index in [-0.39, 0.29) is 6.03 Å². The molecule has 0 radical (unpaired) electrons. The number of nitrogens with zero attached hydrogens (tertiary/aromatic N) is 5. The first kappa shape index (κ1) is 19.9. The standard InChI is InChI=1S/C22H26N6O2/c1-3-17-7-9-18(10-8-17)25-22(29)28-13-5-12-27(14-15-28)20-19(6-4-11-23-20)21-24-16(2)26-30-21/h4,6-11H,3,5,12-15H2,1-2H3,(H,25,29). The van der Waals surface area contributed by atoms with Crippen molar-refractivity contribution in [2.75, 3.05) is 36.4 Å². The minimum atomic E-state index is -0.0742. The van der Waals surface area contributed by atoms with Crippen LogP contribution in [0, 0.1) is 6.92 Å². The average molecular weight is 406 g/mol. The van der Waals surface area contributed by atoms with Gasteiger partial charge >= 0.3 is 6.03 Å². The van der Waals surface area contributed by atoms with Crippen LogP contribution < -0.4 is 10.2 Å². The second-order valence-corrected chi connectivity index (χ2v) is 7.33. The van der Waals surface area contributed by atoms with Gasteiger partial charge in [-0.2, -0.15) is 4.98 Å². The van der Waals surface area contributed by atoms with Crippen LogP contribution in [-0.4, -0.2) is 52.2 Å². The minimum absolute atomic E-state index is 0.0742. The second-order valence-electron chi connectivity index (χ2n) is 7.33. The van der Waals surface area contributed by atoms with Gasteiger partial charge in [-0.1, -0.05) is 24.2 Å². The summed E-state index contributed by atoms with van der Waals surface area (Å²) in [5, 5.41) is 6.90. The Kier molecular flexibility index (Phi) is 5.92. The molecule has 3 aromatic rings. The average Bonchev–Trinajstić information content (AvgIpc) is 3.06. The summed E-state index contributed by atoms with van der Waals surface area (Å²) in [4.78, 5) is 25.7. The Hall–Kier alpha value is -3.42. The van der Waals surface area contributed by atoms with E-state index in [4.69, 9.17) is 4.52 Å². The van der Waals surface area contributed by atoms with E-state index in [1.165, 1.54) is 5.56 Å². The molecule has 0 saturated carbocycles. The summed E-state index contributed by atoms with van der Waals surface area (Å²) in [7, 11) is 0. The summed E-state index contributed by atoms with van der Waals surface area (Å²) in [6, 6.07) is 11.7. The molecular formula is C22H26N6O2. The van der Waals surface area contributed by atoms with Crippen molar-refractivity contribution < 1.29 is 9.32 Å². The molecule has 2 aromatic heterocycles. The van der Waals surface area contributed by atoms with Crippen LogP contribution in [0.15, 0.2) is 47.1 Å². The molecule has 4 rings (SSSR count). The van der Waals surface area contributed by atoms with Crippen molar-refractivity contribution in [2.24, 2.45) is 0 Å². The molecule has 1 fully saturated rings. The number of benzene rings is 1. The Bertz CT molecular complexity index is 1000. The monoisotopic (exact) mass is 406 g/mol. The predicted molar refractivity (Wildman–Crippen MR) is 116 cm³/mol. The summed E-state index contributed by atoms with van der Waals surface area (Å²) < 4.78 is 5.35. The molecule has 8 heteroatoms. The molecular weight excluding hydrogens is 380 g/mol. The van der Waals surface area contributed by atoms with Gasteiger partial charge in [0, 0.05) is 38.1 Å². The molecule has 1 aromatic carbocycles. The fraction of sp³-hybridized carbons (Fsp3) is 0.364. The number of urea groups is 1. The van der Waals surface area contributed by atoms with Crippen molar-refractivity contribution in [3.8, 4) is 11.5 Å². The fourth-order valence-electron chi connectivity index (χ4n) is 3.58. The molecule has 0 spiro atoms. The number of pyridine rings is 1. The van der Waals surface area contributed by atoms with Gasteiger partial charge in [-0.25, -0.2) is 9.78 Å². The summed E-state index contributed by atoms with van der Waals surface area (Å²) in [6.07, 6.45) is 3.59. The summed E-state index contributed by atoms with van der Waals surface area (Å²) in [5.41, 5.74) is 2.88. The van der Waals surface area contributed by atoms with Gasteiger partial charge in [-0.15, -0.1) is 0 Å². The van der Waals surface area contributed by atoms with Crippen LogP contribution in [0.3, 0.4) is 0 Å². The van der Waals surface area contributed by atoms with Gasteiger partial charge in [0.2, 0.25) is 0 Å².